The van der Waals surface area contributed by atoms with Crippen LogP contribution < -0.4 is 0 Å². The van der Waals surface area contributed by atoms with Gasteiger partial charge in [-0.05, 0) is 25.7 Å². The van der Waals surface area contributed by atoms with Crippen LogP contribution >= 0.6 is 30.8 Å². The monoisotopic (exact) mass is 355 g/mol. The highest BCUT2D eigenvalue weighted by atomic mass is 35.5. The minimum Gasteiger partial charge on any atom is -0.270 e. The SMILES string of the molecule is O=P(N(CCCl)CCCl)(N1CCCCC1)N1CCCCC1. The highest BCUT2D eigenvalue weighted by Crippen LogP contribution is 2.58. The molecule has 0 radical (unpaired) electrons. The molecule has 2 aliphatic heterocycles. The Morgan fingerprint density at radius 2 is 1.14 bits per heavy atom. The smallest absolute Gasteiger partial charge is 0.270 e. The Morgan fingerprint density at radius 1 is 0.762 bits per heavy atom. The number of piperidine rings is 2. The molecule has 2 aliphatic rings. The Labute approximate surface area is 139 Å². The van der Waals surface area contributed by atoms with E-state index in [1.165, 1.54) is 12.8 Å². The molecule has 0 unspecified atom stereocenters. The number of hydrogen-bond donors (Lipinski definition) is 0. The van der Waals surface area contributed by atoms with E-state index in [1.807, 2.05) is 0 Å². The van der Waals surface area contributed by atoms with E-state index in [0.29, 0.717) is 24.8 Å². The van der Waals surface area contributed by atoms with Crippen LogP contribution in [0.25, 0.3) is 0 Å². The molecule has 124 valence electrons. The zero-order valence-electron chi connectivity index (χ0n) is 12.9. The minimum atomic E-state index is -2.68. The van der Waals surface area contributed by atoms with E-state index < -0.39 is 7.59 Å². The van der Waals surface area contributed by atoms with Gasteiger partial charge >= 0.3 is 0 Å². The molecule has 0 aromatic carbocycles. The van der Waals surface area contributed by atoms with E-state index in [9.17, 15) is 4.57 Å². The molecule has 2 saturated heterocycles. The van der Waals surface area contributed by atoms with Crippen molar-refractivity contribution in [3.63, 3.8) is 0 Å². The van der Waals surface area contributed by atoms with Crippen molar-refractivity contribution in [1.29, 1.82) is 0 Å². The molecular formula is C14H28Cl2N3OP. The molecule has 0 spiro atoms. The van der Waals surface area contributed by atoms with E-state index in [2.05, 4.69) is 14.0 Å². The lowest BCUT2D eigenvalue weighted by Gasteiger charge is -2.47. The first-order chi connectivity index (χ1) is 10.2. The zero-order chi connectivity index (χ0) is 15.1. The van der Waals surface area contributed by atoms with Crippen molar-refractivity contribution in [2.24, 2.45) is 0 Å². The number of halogens is 2. The molecule has 2 fully saturated rings. The lowest BCUT2D eigenvalue weighted by atomic mass is 10.2. The quantitative estimate of drug-likeness (QED) is 0.512. The van der Waals surface area contributed by atoms with Crippen molar-refractivity contribution in [3.05, 3.63) is 0 Å². The second-order valence-corrected chi connectivity index (χ2v) is 9.35. The van der Waals surface area contributed by atoms with Gasteiger partial charge in [0.1, 0.15) is 0 Å². The lowest BCUT2D eigenvalue weighted by Crippen LogP contribution is -2.45. The Kier molecular flexibility index (Phi) is 7.81. The maximum atomic E-state index is 14.1. The molecule has 0 aromatic rings. The summed E-state index contributed by atoms with van der Waals surface area (Å²) in [6.45, 7) is 5.06. The lowest BCUT2D eigenvalue weighted by molar-refractivity contribution is 0.235. The first-order valence-electron chi connectivity index (χ1n) is 8.21. The van der Waals surface area contributed by atoms with Gasteiger partial charge in [0.25, 0.3) is 7.59 Å². The molecule has 0 atom stereocenters. The predicted molar refractivity (Wildman–Crippen MR) is 91.5 cm³/mol. The zero-order valence-corrected chi connectivity index (χ0v) is 15.3. The van der Waals surface area contributed by atoms with Gasteiger partial charge < -0.3 is 0 Å². The predicted octanol–water partition coefficient (Wildman–Crippen LogP) is 3.85. The fourth-order valence-corrected chi connectivity index (χ4v) is 7.43. The van der Waals surface area contributed by atoms with Crippen LogP contribution in [0.5, 0.6) is 0 Å². The normalized spacial score (nSPS) is 22.8. The van der Waals surface area contributed by atoms with Crippen LogP contribution in [-0.4, -0.2) is 65.0 Å². The first kappa shape index (κ1) is 18.0. The Balaban J connectivity index is 2.23. The Bertz CT molecular complexity index is 319. The largest absolute Gasteiger partial charge is 0.286 e. The van der Waals surface area contributed by atoms with Crippen molar-refractivity contribution in [2.45, 2.75) is 38.5 Å². The molecule has 21 heavy (non-hydrogen) atoms. The number of alkyl halides is 2. The fourth-order valence-electron chi connectivity index (χ4n) is 3.38. The van der Waals surface area contributed by atoms with E-state index in [-0.39, 0.29) is 0 Å². The second-order valence-electron chi connectivity index (χ2n) is 5.87. The molecule has 0 bridgehead atoms. The van der Waals surface area contributed by atoms with Crippen LogP contribution in [-0.2, 0) is 4.57 Å². The summed E-state index contributed by atoms with van der Waals surface area (Å²) in [6, 6.07) is 0. The van der Waals surface area contributed by atoms with Crippen molar-refractivity contribution >= 4 is 30.8 Å². The summed E-state index contributed by atoms with van der Waals surface area (Å²) >= 11 is 11.9. The average molecular weight is 356 g/mol. The maximum absolute atomic E-state index is 14.1. The highest BCUT2D eigenvalue weighted by Gasteiger charge is 2.42. The molecule has 2 heterocycles. The molecule has 2 rings (SSSR count). The third-order valence-corrected chi connectivity index (χ3v) is 8.20. The van der Waals surface area contributed by atoms with Gasteiger partial charge in [-0.1, -0.05) is 12.8 Å². The van der Waals surface area contributed by atoms with Crippen molar-refractivity contribution in [2.75, 3.05) is 51.0 Å². The van der Waals surface area contributed by atoms with Crippen molar-refractivity contribution in [3.8, 4) is 0 Å². The van der Waals surface area contributed by atoms with Gasteiger partial charge in [-0.2, -0.15) is 0 Å². The van der Waals surface area contributed by atoms with Crippen LogP contribution in [0.15, 0.2) is 0 Å². The van der Waals surface area contributed by atoms with E-state index >= 15 is 0 Å². The summed E-state index contributed by atoms with van der Waals surface area (Å²) in [5, 5.41) is 0. The summed E-state index contributed by atoms with van der Waals surface area (Å²) in [7, 11) is -2.68. The number of hydrogen-bond acceptors (Lipinski definition) is 1. The molecule has 0 aliphatic carbocycles. The van der Waals surface area contributed by atoms with Crippen LogP contribution in [0.2, 0.25) is 0 Å². The van der Waals surface area contributed by atoms with Gasteiger partial charge in [0, 0.05) is 51.0 Å². The van der Waals surface area contributed by atoms with Gasteiger partial charge in [0.15, 0.2) is 0 Å². The number of nitrogens with zero attached hydrogens (tertiary/aromatic N) is 3. The first-order valence-corrected chi connectivity index (χ1v) is 10.8. The standard InChI is InChI=1S/C14H28Cl2N3OP/c15-7-13-19(14-8-16)21(20,17-9-3-1-4-10-17)18-11-5-2-6-12-18/h1-14H2. The van der Waals surface area contributed by atoms with Crippen LogP contribution in [0, 0.1) is 0 Å². The summed E-state index contributed by atoms with van der Waals surface area (Å²) < 4.78 is 20.6. The van der Waals surface area contributed by atoms with Gasteiger partial charge in [-0.3, -0.25) is 4.57 Å². The molecule has 0 aromatic heterocycles. The van der Waals surface area contributed by atoms with E-state index in [4.69, 9.17) is 23.2 Å². The Morgan fingerprint density at radius 3 is 1.48 bits per heavy atom. The fraction of sp³-hybridized carbons (Fsp3) is 1.00. The highest BCUT2D eigenvalue weighted by molar-refractivity contribution is 7.56. The van der Waals surface area contributed by atoms with E-state index in [1.54, 1.807) is 0 Å². The Hall–Kier alpha value is 0.690. The maximum Gasteiger partial charge on any atom is 0.286 e. The summed E-state index contributed by atoms with van der Waals surface area (Å²) in [4.78, 5) is 0. The summed E-state index contributed by atoms with van der Waals surface area (Å²) in [6.07, 6.45) is 7.09. The van der Waals surface area contributed by atoms with Gasteiger partial charge in [0.05, 0.1) is 0 Å². The third-order valence-electron chi connectivity index (χ3n) is 4.46. The molecular weight excluding hydrogens is 328 g/mol. The number of rotatable bonds is 7. The molecule has 7 heteroatoms. The van der Waals surface area contributed by atoms with Crippen LogP contribution in [0.1, 0.15) is 38.5 Å². The molecule has 4 nitrogen and oxygen atoms in total. The molecule has 0 amide bonds. The minimum absolute atomic E-state index is 0.503. The third kappa shape index (κ3) is 4.37. The second kappa shape index (κ2) is 9.10. The molecule has 0 N–H and O–H groups in total. The average Bonchev–Trinajstić information content (AvgIpc) is 2.55. The molecule has 0 saturated carbocycles. The summed E-state index contributed by atoms with van der Waals surface area (Å²) in [5.74, 6) is 1.01. The van der Waals surface area contributed by atoms with E-state index in [0.717, 1.165) is 51.9 Å². The summed E-state index contributed by atoms with van der Waals surface area (Å²) in [5.41, 5.74) is 0. The van der Waals surface area contributed by atoms with Gasteiger partial charge in [0.2, 0.25) is 0 Å². The van der Waals surface area contributed by atoms with Gasteiger partial charge in [-0.15, -0.1) is 23.2 Å². The van der Waals surface area contributed by atoms with Crippen LogP contribution in [0.3, 0.4) is 0 Å². The van der Waals surface area contributed by atoms with Crippen LogP contribution in [0.4, 0.5) is 0 Å². The van der Waals surface area contributed by atoms with Crippen molar-refractivity contribution in [1.82, 2.24) is 14.0 Å². The van der Waals surface area contributed by atoms with Gasteiger partial charge in [-0.25, -0.2) is 14.0 Å². The topological polar surface area (TPSA) is 26.8 Å². The van der Waals surface area contributed by atoms with Crippen molar-refractivity contribution < 1.29 is 4.57 Å².